The molecule has 0 aromatic heterocycles. The molecule has 2 aromatic carbocycles. The Hall–Kier alpha value is -1.48. The Bertz CT molecular complexity index is 521. The first-order valence-corrected chi connectivity index (χ1v) is 6.78. The van der Waals surface area contributed by atoms with E-state index in [1.54, 1.807) is 14.2 Å². The molecule has 0 unspecified atom stereocenters. The van der Waals surface area contributed by atoms with Crippen molar-refractivity contribution in [2.45, 2.75) is 5.33 Å². The molecule has 0 amide bonds. The molecule has 0 aliphatic heterocycles. The zero-order valence-corrected chi connectivity index (χ0v) is 12.0. The molecule has 0 bridgehead atoms. The molecule has 0 aliphatic carbocycles. The highest BCUT2D eigenvalue weighted by molar-refractivity contribution is 9.08. The normalized spacial score (nSPS) is 10.2. The number of alkyl halides is 1. The minimum Gasteiger partial charge on any atom is -0.493 e. The Labute approximate surface area is 116 Å². The molecule has 94 valence electrons. The van der Waals surface area contributed by atoms with E-state index < -0.39 is 0 Å². The van der Waals surface area contributed by atoms with Crippen LogP contribution in [0.15, 0.2) is 42.5 Å². The summed E-state index contributed by atoms with van der Waals surface area (Å²) in [6, 6.07) is 14.3. The molecular formula is C15H15BrO2. The Balaban J connectivity index is 2.48. The van der Waals surface area contributed by atoms with Crippen LogP contribution in [0.3, 0.4) is 0 Å². The van der Waals surface area contributed by atoms with Crippen LogP contribution >= 0.6 is 15.9 Å². The number of para-hydroxylation sites is 1. The second kappa shape index (κ2) is 5.91. The topological polar surface area (TPSA) is 18.5 Å². The maximum absolute atomic E-state index is 5.44. The largest absolute Gasteiger partial charge is 0.493 e. The molecule has 0 heterocycles. The molecule has 0 N–H and O–H groups in total. The number of methoxy groups -OCH3 is 2. The van der Waals surface area contributed by atoms with Crippen molar-refractivity contribution in [3.05, 3.63) is 48.0 Å². The predicted octanol–water partition coefficient (Wildman–Crippen LogP) is 4.27. The second-order valence-electron chi connectivity index (χ2n) is 3.87. The lowest BCUT2D eigenvalue weighted by Gasteiger charge is -2.12. The van der Waals surface area contributed by atoms with E-state index in [0.29, 0.717) is 0 Å². The van der Waals surface area contributed by atoms with Crippen LogP contribution in [0, 0.1) is 0 Å². The van der Waals surface area contributed by atoms with Crippen molar-refractivity contribution in [1.29, 1.82) is 0 Å². The summed E-state index contributed by atoms with van der Waals surface area (Å²) in [6.45, 7) is 0. The molecule has 0 radical (unpaired) electrons. The van der Waals surface area contributed by atoms with Crippen molar-refractivity contribution in [2.75, 3.05) is 14.2 Å². The molecule has 0 aliphatic rings. The summed E-state index contributed by atoms with van der Waals surface area (Å²) in [6.07, 6.45) is 0. The summed E-state index contributed by atoms with van der Waals surface area (Å²) in [7, 11) is 3.31. The van der Waals surface area contributed by atoms with Crippen LogP contribution < -0.4 is 9.47 Å². The van der Waals surface area contributed by atoms with Crippen LogP contribution in [0.25, 0.3) is 11.1 Å². The third-order valence-corrected chi connectivity index (χ3v) is 3.47. The Kier molecular flexibility index (Phi) is 4.26. The summed E-state index contributed by atoms with van der Waals surface area (Å²) < 4.78 is 10.8. The van der Waals surface area contributed by atoms with Gasteiger partial charge in [0.15, 0.2) is 11.5 Å². The fraction of sp³-hybridized carbons (Fsp3) is 0.200. The van der Waals surface area contributed by atoms with Crippen molar-refractivity contribution in [3.63, 3.8) is 0 Å². The first kappa shape index (κ1) is 13.0. The molecule has 3 heteroatoms. The van der Waals surface area contributed by atoms with Crippen LogP contribution in [-0.2, 0) is 5.33 Å². The lowest BCUT2D eigenvalue weighted by atomic mass is 10.0. The number of benzene rings is 2. The lowest BCUT2D eigenvalue weighted by molar-refractivity contribution is 0.356. The van der Waals surface area contributed by atoms with Crippen molar-refractivity contribution < 1.29 is 9.47 Å². The van der Waals surface area contributed by atoms with E-state index in [4.69, 9.17) is 9.47 Å². The van der Waals surface area contributed by atoms with Crippen LogP contribution in [0.1, 0.15) is 5.56 Å². The zero-order chi connectivity index (χ0) is 13.0. The number of rotatable bonds is 4. The van der Waals surface area contributed by atoms with Crippen LogP contribution in [0.4, 0.5) is 0 Å². The van der Waals surface area contributed by atoms with Crippen molar-refractivity contribution in [1.82, 2.24) is 0 Å². The molecule has 2 rings (SSSR count). The van der Waals surface area contributed by atoms with Gasteiger partial charge < -0.3 is 9.47 Å². The summed E-state index contributed by atoms with van der Waals surface area (Å²) >= 11 is 3.44. The maximum Gasteiger partial charge on any atom is 0.168 e. The van der Waals surface area contributed by atoms with Gasteiger partial charge in [-0.05, 0) is 17.2 Å². The Morgan fingerprint density at radius 1 is 0.944 bits per heavy atom. The Morgan fingerprint density at radius 2 is 1.67 bits per heavy atom. The minimum atomic E-state index is 0.750. The van der Waals surface area contributed by atoms with E-state index in [1.165, 1.54) is 5.56 Å². The van der Waals surface area contributed by atoms with Gasteiger partial charge in [0.1, 0.15) is 0 Å². The lowest BCUT2D eigenvalue weighted by Crippen LogP contribution is -1.93. The third kappa shape index (κ3) is 2.51. The first-order chi connectivity index (χ1) is 8.80. The maximum atomic E-state index is 5.44. The summed E-state index contributed by atoms with van der Waals surface area (Å²) in [5.74, 6) is 1.52. The highest BCUT2D eigenvalue weighted by Crippen LogP contribution is 2.37. The van der Waals surface area contributed by atoms with Crippen LogP contribution in [0.2, 0.25) is 0 Å². The summed E-state index contributed by atoms with van der Waals surface area (Å²) in [5, 5.41) is 0.864. The molecule has 0 fully saturated rings. The molecule has 0 saturated heterocycles. The minimum absolute atomic E-state index is 0.750. The van der Waals surface area contributed by atoms with Gasteiger partial charge in [0.2, 0.25) is 0 Å². The van der Waals surface area contributed by atoms with Gasteiger partial charge in [0, 0.05) is 10.9 Å². The summed E-state index contributed by atoms with van der Waals surface area (Å²) in [4.78, 5) is 0. The molecule has 2 aromatic rings. The SMILES string of the molecule is COc1cccc(-c2ccc(CBr)cc2)c1OC. The van der Waals surface area contributed by atoms with E-state index in [0.717, 1.165) is 28.0 Å². The van der Waals surface area contributed by atoms with Gasteiger partial charge in [-0.25, -0.2) is 0 Å². The van der Waals surface area contributed by atoms with Gasteiger partial charge >= 0.3 is 0 Å². The van der Waals surface area contributed by atoms with Crippen molar-refractivity contribution in [2.24, 2.45) is 0 Å². The quantitative estimate of drug-likeness (QED) is 0.786. The van der Waals surface area contributed by atoms with Gasteiger partial charge in [-0.1, -0.05) is 52.3 Å². The standard InChI is InChI=1S/C15H15BrO2/c1-17-14-5-3-4-13(15(14)18-2)12-8-6-11(10-16)7-9-12/h3-9H,10H2,1-2H3. The van der Waals surface area contributed by atoms with E-state index in [-0.39, 0.29) is 0 Å². The molecule has 0 spiro atoms. The van der Waals surface area contributed by atoms with Crippen molar-refractivity contribution >= 4 is 15.9 Å². The fourth-order valence-electron chi connectivity index (χ4n) is 1.89. The highest BCUT2D eigenvalue weighted by atomic mass is 79.9. The highest BCUT2D eigenvalue weighted by Gasteiger charge is 2.10. The Morgan fingerprint density at radius 3 is 2.22 bits per heavy atom. The monoisotopic (exact) mass is 306 g/mol. The average Bonchev–Trinajstić information content (AvgIpc) is 2.46. The zero-order valence-electron chi connectivity index (χ0n) is 10.4. The van der Waals surface area contributed by atoms with Crippen molar-refractivity contribution in [3.8, 4) is 22.6 Å². The van der Waals surface area contributed by atoms with Gasteiger partial charge in [0.25, 0.3) is 0 Å². The smallest absolute Gasteiger partial charge is 0.168 e. The average molecular weight is 307 g/mol. The number of hydrogen-bond acceptors (Lipinski definition) is 2. The number of halogens is 1. The molecule has 0 saturated carbocycles. The van der Waals surface area contributed by atoms with E-state index in [9.17, 15) is 0 Å². The van der Waals surface area contributed by atoms with Gasteiger partial charge in [0.05, 0.1) is 14.2 Å². The number of ether oxygens (including phenoxy) is 2. The first-order valence-electron chi connectivity index (χ1n) is 5.66. The van der Waals surface area contributed by atoms with Gasteiger partial charge in [-0.2, -0.15) is 0 Å². The van der Waals surface area contributed by atoms with Gasteiger partial charge in [-0.15, -0.1) is 0 Å². The van der Waals surface area contributed by atoms with E-state index in [1.807, 2.05) is 18.2 Å². The molecule has 0 atom stereocenters. The molecule has 2 nitrogen and oxygen atoms in total. The van der Waals surface area contributed by atoms with Crippen LogP contribution in [0.5, 0.6) is 11.5 Å². The fourth-order valence-corrected chi connectivity index (χ4v) is 2.26. The third-order valence-electron chi connectivity index (χ3n) is 2.82. The second-order valence-corrected chi connectivity index (χ2v) is 4.43. The van der Waals surface area contributed by atoms with E-state index in [2.05, 4.69) is 40.2 Å². The van der Waals surface area contributed by atoms with E-state index >= 15 is 0 Å². The molecule has 18 heavy (non-hydrogen) atoms. The van der Waals surface area contributed by atoms with Gasteiger partial charge in [-0.3, -0.25) is 0 Å². The number of hydrogen-bond donors (Lipinski definition) is 0. The summed E-state index contributed by atoms with van der Waals surface area (Å²) in [5.41, 5.74) is 3.41. The van der Waals surface area contributed by atoms with Crippen LogP contribution in [-0.4, -0.2) is 14.2 Å². The predicted molar refractivity (Wildman–Crippen MR) is 77.6 cm³/mol. The molecular weight excluding hydrogens is 292 g/mol.